The van der Waals surface area contributed by atoms with Crippen LogP contribution < -0.4 is 10.6 Å². The first-order valence-electron chi connectivity index (χ1n) is 7.72. The molecule has 0 aliphatic heterocycles. The predicted molar refractivity (Wildman–Crippen MR) is 95.2 cm³/mol. The molecule has 0 unspecified atom stereocenters. The monoisotopic (exact) mass is 332 g/mol. The van der Waals surface area contributed by atoms with E-state index < -0.39 is 0 Å². The minimum Gasteiger partial charge on any atom is -0.326 e. The summed E-state index contributed by atoms with van der Waals surface area (Å²) in [4.78, 5) is 24.2. The lowest BCUT2D eigenvalue weighted by atomic mass is 10.1. The van der Waals surface area contributed by atoms with Crippen molar-refractivity contribution in [3.63, 3.8) is 0 Å². The maximum Gasteiger partial charge on any atom is 0.257 e. The Morgan fingerprint density at radius 2 is 1.60 bits per heavy atom. The minimum absolute atomic E-state index is 0.118. The van der Waals surface area contributed by atoms with Crippen LogP contribution in [0.3, 0.4) is 0 Å². The normalized spacial score (nSPS) is 10.1. The number of carbonyl (C=O) groups is 2. The van der Waals surface area contributed by atoms with Crippen LogP contribution in [0.5, 0.6) is 0 Å². The fourth-order valence-corrected chi connectivity index (χ4v) is 2.29. The van der Waals surface area contributed by atoms with Crippen molar-refractivity contribution in [1.29, 1.82) is 0 Å². The van der Waals surface area contributed by atoms with E-state index in [1.807, 2.05) is 30.3 Å². The van der Waals surface area contributed by atoms with Gasteiger partial charge in [-0.3, -0.25) is 9.59 Å². The number of hydrogen-bond acceptors (Lipinski definition) is 4. The average molecular weight is 332 g/mol. The van der Waals surface area contributed by atoms with Crippen LogP contribution in [0.1, 0.15) is 15.9 Å². The van der Waals surface area contributed by atoms with Gasteiger partial charge in [-0.1, -0.05) is 36.4 Å². The smallest absolute Gasteiger partial charge is 0.257 e. The van der Waals surface area contributed by atoms with E-state index in [0.29, 0.717) is 23.4 Å². The van der Waals surface area contributed by atoms with Crippen molar-refractivity contribution in [2.45, 2.75) is 6.42 Å². The first kappa shape index (κ1) is 16.3. The molecule has 124 valence electrons. The molecule has 2 amide bonds. The highest BCUT2D eigenvalue weighted by Crippen LogP contribution is 2.16. The zero-order chi connectivity index (χ0) is 17.5. The van der Waals surface area contributed by atoms with Crippen LogP contribution in [0, 0.1) is 0 Å². The first-order valence-corrected chi connectivity index (χ1v) is 7.72. The number of aromatic nitrogens is 2. The number of benzene rings is 2. The third kappa shape index (κ3) is 4.71. The average Bonchev–Trinajstić information content (AvgIpc) is 2.63. The molecule has 0 saturated heterocycles. The molecule has 3 aromatic rings. The van der Waals surface area contributed by atoms with Crippen LogP contribution in [-0.4, -0.2) is 22.0 Å². The third-order valence-corrected chi connectivity index (χ3v) is 3.46. The standard InChI is InChI=1S/C19H16N4O2/c24-18(11-14-5-2-1-3-6-14)22-16-7-4-8-17(12-16)23-19(25)15-9-10-20-21-13-15/h1-10,12-13H,11H2,(H,22,24)(H,23,25). The SMILES string of the molecule is O=C(Cc1ccccc1)Nc1cccc(NC(=O)c2ccnnc2)c1. The quantitative estimate of drug-likeness (QED) is 0.752. The fraction of sp³-hybridized carbons (Fsp3) is 0.0526. The Morgan fingerprint density at radius 1 is 0.840 bits per heavy atom. The number of carbonyl (C=O) groups excluding carboxylic acids is 2. The van der Waals surface area contributed by atoms with Gasteiger partial charge in [0.2, 0.25) is 5.91 Å². The number of nitrogens with zero attached hydrogens (tertiary/aromatic N) is 2. The molecule has 0 bridgehead atoms. The summed E-state index contributed by atoms with van der Waals surface area (Å²) in [5.74, 6) is -0.407. The number of hydrogen-bond donors (Lipinski definition) is 2. The van der Waals surface area contributed by atoms with Gasteiger partial charge in [0.05, 0.1) is 24.4 Å². The molecular formula is C19H16N4O2. The van der Waals surface area contributed by atoms with Gasteiger partial charge in [-0.05, 0) is 29.8 Å². The molecule has 6 nitrogen and oxygen atoms in total. The molecule has 0 atom stereocenters. The molecule has 0 fully saturated rings. The van der Waals surface area contributed by atoms with E-state index in [4.69, 9.17) is 0 Å². The highest BCUT2D eigenvalue weighted by molar-refractivity contribution is 6.04. The van der Waals surface area contributed by atoms with Gasteiger partial charge in [-0.25, -0.2) is 0 Å². The second kappa shape index (κ2) is 7.83. The van der Waals surface area contributed by atoms with Crippen molar-refractivity contribution in [2.75, 3.05) is 10.6 Å². The predicted octanol–water partition coefficient (Wildman–Crippen LogP) is 2.91. The molecule has 1 heterocycles. The van der Waals surface area contributed by atoms with Gasteiger partial charge in [0, 0.05) is 11.4 Å². The van der Waals surface area contributed by atoms with Crippen molar-refractivity contribution in [2.24, 2.45) is 0 Å². The van der Waals surface area contributed by atoms with E-state index in [-0.39, 0.29) is 11.8 Å². The van der Waals surface area contributed by atoms with Gasteiger partial charge in [0.1, 0.15) is 0 Å². The fourth-order valence-electron chi connectivity index (χ4n) is 2.29. The zero-order valence-electron chi connectivity index (χ0n) is 13.3. The van der Waals surface area contributed by atoms with Crippen LogP contribution in [0.4, 0.5) is 11.4 Å². The van der Waals surface area contributed by atoms with E-state index in [2.05, 4.69) is 20.8 Å². The lowest BCUT2D eigenvalue weighted by molar-refractivity contribution is -0.115. The second-order valence-electron chi connectivity index (χ2n) is 5.38. The molecular weight excluding hydrogens is 316 g/mol. The Hall–Kier alpha value is -3.54. The van der Waals surface area contributed by atoms with E-state index in [0.717, 1.165) is 5.56 Å². The van der Waals surface area contributed by atoms with Crippen LogP contribution >= 0.6 is 0 Å². The third-order valence-electron chi connectivity index (χ3n) is 3.46. The van der Waals surface area contributed by atoms with Crippen molar-refractivity contribution >= 4 is 23.2 Å². The maximum atomic E-state index is 12.1. The highest BCUT2D eigenvalue weighted by Gasteiger charge is 2.08. The van der Waals surface area contributed by atoms with Crippen molar-refractivity contribution in [3.8, 4) is 0 Å². The molecule has 0 spiro atoms. The Labute approximate surface area is 144 Å². The summed E-state index contributed by atoms with van der Waals surface area (Å²) in [6.45, 7) is 0. The van der Waals surface area contributed by atoms with Crippen LogP contribution in [0.25, 0.3) is 0 Å². The first-order chi connectivity index (χ1) is 12.2. The number of nitrogens with one attached hydrogen (secondary N) is 2. The molecule has 2 aromatic carbocycles. The van der Waals surface area contributed by atoms with E-state index in [1.54, 1.807) is 30.3 Å². The summed E-state index contributed by atoms with van der Waals surface area (Å²) in [6.07, 6.45) is 3.13. The van der Waals surface area contributed by atoms with Crippen molar-refractivity contribution in [3.05, 3.63) is 84.2 Å². The van der Waals surface area contributed by atoms with E-state index in [9.17, 15) is 9.59 Å². The van der Waals surface area contributed by atoms with Gasteiger partial charge in [-0.15, -0.1) is 0 Å². The van der Waals surface area contributed by atoms with Gasteiger partial charge in [-0.2, -0.15) is 10.2 Å². The molecule has 6 heteroatoms. The summed E-state index contributed by atoms with van der Waals surface area (Å²) >= 11 is 0. The van der Waals surface area contributed by atoms with Gasteiger partial charge in [0.25, 0.3) is 5.91 Å². The molecule has 0 saturated carbocycles. The second-order valence-corrected chi connectivity index (χ2v) is 5.38. The van der Waals surface area contributed by atoms with Gasteiger partial charge < -0.3 is 10.6 Å². The number of anilines is 2. The lowest BCUT2D eigenvalue weighted by Gasteiger charge is -2.09. The topological polar surface area (TPSA) is 84.0 Å². The van der Waals surface area contributed by atoms with E-state index in [1.165, 1.54) is 12.4 Å². The molecule has 0 aliphatic rings. The molecule has 0 radical (unpaired) electrons. The summed E-state index contributed by atoms with van der Waals surface area (Å²) in [5, 5.41) is 12.9. The maximum absolute atomic E-state index is 12.1. The molecule has 1 aromatic heterocycles. The zero-order valence-corrected chi connectivity index (χ0v) is 13.3. The van der Waals surface area contributed by atoms with E-state index >= 15 is 0 Å². The van der Waals surface area contributed by atoms with Crippen molar-refractivity contribution < 1.29 is 9.59 Å². The number of amides is 2. The summed E-state index contributed by atoms with van der Waals surface area (Å²) < 4.78 is 0. The number of rotatable bonds is 5. The Balaban J connectivity index is 1.63. The van der Waals surface area contributed by atoms with Gasteiger partial charge in [0.15, 0.2) is 0 Å². The van der Waals surface area contributed by atoms with Gasteiger partial charge >= 0.3 is 0 Å². The minimum atomic E-state index is -0.289. The van der Waals surface area contributed by atoms with Crippen LogP contribution in [0.2, 0.25) is 0 Å². The molecule has 3 rings (SSSR count). The lowest BCUT2D eigenvalue weighted by Crippen LogP contribution is -2.15. The Kier molecular flexibility index (Phi) is 5.11. The summed E-state index contributed by atoms with van der Waals surface area (Å²) in [5.41, 5.74) is 2.55. The Morgan fingerprint density at radius 3 is 2.32 bits per heavy atom. The highest BCUT2D eigenvalue weighted by atomic mass is 16.2. The molecule has 0 aliphatic carbocycles. The molecule has 2 N–H and O–H groups in total. The summed E-state index contributed by atoms with van der Waals surface area (Å²) in [6, 6.07) is 18.1. The van der Waals surface area contributed by atoms with Crippen LogP contribution in [0.15, 0.2) is 73.1 Å². The van der Waals surface area contributed by atoms with Crippen molar-refractivity contribution in [1.82, 2.24) is 10.2 Å². The summed E-state index contributed by atoms with van der Waals surface area (Å²) in [7, 11) is 0. The largest absolute Gasteiger partial charge is 0.326 e. The molecule has 25 heavy (non-hydrogen) atoms. The Bertz CT molecular complexity index is 867. The van der Waals surface area contributed by atoms with Crippen LogP contribution in [-0.2, 0) is 11.2 Å².